The quantitative estimate of drug-likeness (QED) is 0.479. The summed E-state index contributed by atoms with van der Waals surface area (Å²) in [5.74, 6) is -0.238. The molecule has 0 atom stereocenters. The molecule has 2 nitrogen and oxygen atoms in total. The Bertz CT molecular complexity index is 682. The van der Waals surface area contributed by atoms with E-state index in [9.17, 15) is 9.59 Å². The van der Waals surface area contributed by atoms with Gasteiger partial charge in [-0.3, -0.25) is 9.59 Å². The number of halogens is 2. The van der Waals surface area contributed by atoms with E-state index in [2.05, 4.69) is 0 Å². The van der Waals surface area contributed by atoms with Crippen molar-refractivity contribution in [2.24, 2.45) is 0 Å². The van der Waals surface area contributed by atoms with E-state index in [0.29, 0.717) is 21.2 Å². The second-order valence-corrected chi connectivity index (χ2v) is 6.17. The standard InChI is InChI=1S/C18H12Cl2O2S/c19-15-5-1-13(2-6-15)17(21)9-11-23-12-10-18(22)14-3-7-16(20)8-4-14/h1-12H/b11-9+,12-10+. The smallest absolute Gasteiger partial charge is 0.186 e. The van der Waals surface area contributed by atoms with Crippen LogP contribution >= 0.6 is 35.0 Å². The molecule has 0 aliphatic rings. The van der Waals surface area contributed by atoms with Crippen molar-refractivity contribution in [3.63, 3.8) is 0 Å². The second-order valence-electron chi connectivity index (χ2n) is 4.48. The summed E-state index contributed by atoms with van der Waals surface area (Å²) in [5, 5.41) is 4.43. The Hall–Kier alpha value is -1.81. The molecule has 0 N–H and O–H groups in total. The summed E-state index contributed by atoms with van der Waals surface area (Å²) in [5.41, 5.74) is 1.12. The highest BCUT2D eigenvalue weighted by Gasteiger charge is 2.01. The van der Waals surface area contributed by atoms with Gasteiger partial charge in [-0.05, 0) is 71.5 Å². The van der Waals surface area contributed by atoms with Gasteiger partial charge in [0.2, 0.25) is 0 Å². The molecule has 2 rings (SSSR count). The highest BCUT2D eigenvalue weighted by Crippen LogP contribution is 2.13. The Kier molecular flexibility index (Phi) is 6.66. The first-order valence-corrected chi connectivity index (χ1v) is 8.34. The highest BCUT2D eigenvalue weighted by atomic mass is 35.5. The first kappa shape index (κ1) is 17.5. The summed E-state index contributed by atoms with van der Waals surface area (Å²) in [6.07, 6.45) is 2.90. The fourth-order valence-electron chi connectivity index (χ4n) is 1.67. The number of thioether (sulfide) groups is 1. The molecule has 5 heteroatoms. The molecule has 0 saturated heterocycles. The SMILES string of the molecule is O=C(/C=C/S/C=C/C(=O)c1ccc(Cl)cc1)c1ccc(Cl)cc1. The summed E-state index contributed by atoms with van der Waals surface area (Å²) >= 11 is 12.8. The molecule has 2 aromatic carbocycles. The molecule has 0 spiro atoms. The minimum absolute atomic E-state index is 0.119. The second kappa shape index (κ2) is 8.73. The van der Waals surface area contributed by atoms with Gasteiger partial charge in [0.1, 0.15) is 0 Å². The molecule has 0 aliphatic carbocycles. The highest BCUT2D eigenvalue weighted by molar-refractivity contribution is 8.04. The molecule has 23 heavy (non-hydrogen) atoms. The van der Waals surface area contributed by atoms with Crippen molar-refractivity contribution in [2.45, 2.75) is 0 Å². The third-order valence-electron chi connectivity index (χ3n) is 2.85. The Morgan fingerprint density at radius 1 is 0.696 bits per heavy atom. The predicted molar refractivity (Wildman–Crippen MR) is 97.4 cm³/mol. The summed E-state index contributed by atoms with van der Waals surface area (Å²) in [4.78, 5) is 23.7. The lowest BCUT2D eigenvalue weighted by Gasteiger charge is -1.95. The molecule has 0 amide bonds. The van der Waals surface area contributed by atoms with Gasteiger partial charge in [0, 0.05) is 21.2 Å². The maximum atomic E-state index is 11.9. The number of hydrogen-bond donors (Lipinski definition) is 0. The largest absolute Gasteiger partial charge is 0.289 e. The first-order valence-electron chi connectivity index (χ1n) is 6.64. The van der Waals surface area contributed by atoms with Gasteiger partial charge < -0.3 is 0 Å². The van der Waals surface area contributed by atoms with E-state index < -0.39 is 0 Å². The zero-order chi connectivity index (χ0) is 16.7. The molecule has 0 saturated carbocycles. The Balaban J connectivity index is 1.86. The summed E-state index contributed by atoms with van der Waals surface area (Å²) < 4.78 is 0. The van der Waals surface area contributed by atoms with Crippen molar-refractivity contribution in [1.82, 2.24) is 0 Å². The average Bonchev–Trinajstić information content (AvgIpc) is 2.55. The van der Waals surface area contributed by atoms with Gasteiger partial charge in [-0.15, -0.1) is 11.8 Å². The van der Waals surface area contributed by atoms with Crippen LogP contribution in [0.1, 0.15) is 20.7 Å². The van der Waals surface area contributed by atoms with Crippen LogP contribution in [0.25, 0.3) is 0 Å². The number of carbonyl (C=O) groups excluding carboxylic acids is 2. The first-order chi connectivity index (χ1) is 11.1. The van der Waals surface area contributed by atoms with Crippen LogP contribution in [0.5, 0.6) is 0 Å². The normalized spacial score (nSPS) is 11.2. The Morgan fingerprint density at radius 2 is 1.04 bits per heavy atom. The molecular formula is C18H12Cl2O2S. The van der Waals surface area contributed by atoms with Crippen molar-refractivity contribution in [3.8, 4) is 0 Å². The molecule has 0 radical (unpaired) electrons. The van der Waals surface area contributed by atoms with Crippen molar-refractivity contribution in [3.05, 3.63) is 92.7 Å². The van der Waals surface area contributed by atoms with Crippen molar-refractivity contribution < 1.29 is 9.59 Å². The van der Waals surface area contributed by atoms with Gasteiger partial charge in [0.15, 0.2) is 11.6 Å². The molecule has 2 aromatic rings. The number of allylic oxidation sites excluding steroid dienone is 2. The minimum Gasteiger partial charge on any atom is -0.289 e. The topological polar surface area (TPSA) is 34.1 Å². The Morgan fingerprint density at radius 3 is 1.39 bits per heavy atom. The average molecular weight is 363 g/mol. The predicted octanol–water partition coefficient (Wildman–Crippen LogP) is 5.82. The van der Waals surface area contributed by atoms with Crippen LogP contribution in [-0.2, 0) is 0 Å². The van der Waals surface area contributed by atoms with Crippen LogP contribution < -0.4 is 0 Å². The molecule has 0 bridgehead atoms. The number of hydrogen-bond acceptors (Lipinski definition) is 3. The molecule has 0 unspecified atom stereocenters. The van der Waals surface area contributed by atoms with Crippen molar-refractivity contribution in [2.75, 3.05) is 0 Å². The fourth-order valence-corrected chi connectivity index (χ4v) is 2.42. The van der Waals surface area contributed by atoms with Crippen LogP contribution in [0.2, 0.25) is 10.0 Å². The van der Waals surface area contributed by atoms with E-state index in [4.69, 9.17) is 23.2 Å². The zero-order valence-electron chi connectivity index (χ0n) is 11.9. The van der Waals surface area contributed by atoms with Crippen LogP contribution in [0.15, 0.2) is 71.5 Å². The summed E-state index contributed by atoms with van der Waals surface area (Å²) in [7, 11) is 0. The van der Waals surface area contributed by atoms with Crippen LogP contribution in [-0.4, -0.2) is 11.6 Å². The minimum atomic E-state index is -0.119. The third-order valence-corrected chi connectivity index (χ3v) is 3.94. The molecule has 0 aromatic heterocycles. The number of rotatable bonds is 6. The Labute approximate surface area is 148 Å². The zero-order valence-corrected chi connectivity index (χ0v) is 14.2. The maximum Gasteiger partial charge on any atom is 0.186 e. The number of carbonyl (C=O) groups is 2. The van der Waals surface area contributed by atoms with Crippen LogP contribution in [0.4, 0.5) is 0 Å². The van der Waals surface area contributed by atoms with Gasteiger partial charge in [-0.25, -0.2) is 0 Å². The maximum absolute atomic E-state index is 11.9. The molecule has 0 heterocycles. The molecule has 116 valence electrons. The third kappa shape index (κ3) is 5.71. The van der Waals surface area contributed by atoms with Crippen molar-refractivity contribution >= 4 is 46.5 Å². The van der Waals surface area contributed by atoms with E-state index in [1.54, 1.807) is 59.3 Å². The van der Waals surface area contributed by atoms with E-state index in [-0.39, 0.29) is 11.6 Å². The van der Waals surface area contributed by atoms with E-state index in [1.165, 1.54) is 23.9 Å². The fraction of sp³-hybridized carbons (Fsp3) is 0. The van der Waals surface area contributed by atoms with Gasteiger partial charge in [0.05, 0.1) is 0 Å². The van der Waals surface area contributed by atoms with Crippen LogP contribution in [0.3, 0.4) is 0 Å². The molecule has 0 aliphatic heterocycles. The van der Waals surface area contributed by atoms with Crippen LogP contribution in [0, 0.1) is 0 Å². The van der Waals surface area contributed by atoms with E-state index >= 15 is 0 Å². The van der Waals surface area contributed by atoms with Gasteiger partial charge in [-0.2, -0.15) is 0 Å². The van der Waals surface area contributed by atoms with Crippen molar-refractivity contribution in [1.29, 1.82) is 0 Å². The van der Waals surface area contributed by atoms with E-state index in [0.717, 1.165) is 0 Å². The number of ketones is 2. The lowest BCUT2D eigenvalue weighted by Crippen LogP contribution is -1.93. The van der Waals surface area contributed by atoms with E-state index in [1.807, 2.05) is 0 Å². The van der Waals surface area contributed by atoms with Gasteiger partial charge in [0.25, 0.3) is 0 Å². The molecule has 0 fully saturated rings. The summed E-state index contributed by atoms with van der Waals surface area (Å²) in [6.45, 7) is 0. The number of benzene rings is 2. The lowest BCUT2D eigenvalue weighted by atomic mass is 10.1. The lowest BCUT2D eigenvalue weighted by molar-refractivity contribution is 0.103. The van der Waals surface area contributed by atoms with Gasteiger partial charge >= 0.3 is 0 Å². The monoisotopic (exact) mass is 362 g/mol. The summed E-state index contributed by atoms with van der Waals surface area (Å²) in [6, 6.07) is 13.3. The molecular weight excluding hydrogens is 351 g/mol. The van der Waals surface area contributed by atoms with Gasteiger partial charge in [-0.1, -0.05) is 23.2 Å².